The number of nitrogens with zero attached hydrogens (tertiary/aromatic N) is 4. The van der Waals surface area contributed by atoms with Crippen LogP contribution in [-0.4, -0.2) is 44.9 Å². The predicted octanol–water partition coefficient (Wildman–Crippen LogP) is 2.36. The van der Waals surface area contributed by atoms with Crippen molar-refractivity contribution < 1.29 is 4.79 Å². The molecule has 1 heterocycles. The number of aromatic nitrogens is 3. The molecule has 0 bridgehead atoms. The molecular weight excluding hydrogens is 284 g/mol. The number of hydrogen-bond acceptors (Lipinski definition) is 4. The smallest absolute Gasteiger partial charge is 0.235 e. The van der Waals surface area contributed by atoms with E-state index < -0.39 is 0 Å². The van der Waals surface area contributed by atoms with Crippen molar-refractivity contribution in [1.82, 2.24) is 19.7 Å². The van der Waals surface area contributed by atoms with E-state index in [-0.39, 0.29) is 11.2 Å². The van der Waals surface area contributed by atoms with Crippen LogP contribution in [0.4, 0.5) is 0 Å². The van der Waals surface area contributed by atoms with Gasteiger partial charge in [0.25, 0.3) is 0 Å². The van der Waals surface area contributed by atoms with Gasteiger partial charge in [-0.2, -0.15) is 0 Å². The van der Waals surface area contributed by atoms with Gasteiger partial charge in [0.2, 0.25) is 5.91 Å². The Bertz CT molecular complexity index is 651. The van der Waals surface area contributed by atoms with Crippen LogP contribution >= 0.6 is 11.8 Å². The molecule has 0 fully saturated rings. The van der Waals surface area contributed by atoms with Gasteiger partial charge in [-0.15, -0.1) is 10.2 Å². The van der Waals surface area contributed by atoms with E-state index in [1.165, 1.54) is 11.8 Å². The Kier molecular flexibility index (Phi) is 4.67. The number of carbonyl (C=O) groups excluding carboxylic acids is 1. The number of rotatable bonds is 4. The van der Waals surface area contributed by atoms with Gasteiger partial charge in [-0.25, -0.2) is 0 Å². The summed E-state index contributed by atoms with van der Waals surface area (Å²) in [5.41, 5.74) is 2.22. The summed E-state index contributed by atoms with van der Waals surface area (Å²) in [7, 11) is 5.45. The van der Waals surface area contributed by atoms with Gasteiger partial charge in [0.15, 0.2) is 11.0 Å². The third-order valence-corrected chi connectivity index (χ3v) is 4.41. The second-order valence-electron chi connectivity index (χ2n) is 5.17. The molecule has 0 aliphatic heterocycles. The van der Waals surface area contributed by atoms with E-state index in [1.807, 2.05) is 36.7 Å². The van der Waals surface area contributed by atoms with E-state index in [4.69, 9.17) is 0 Å². The third-order valence-electron chi connectivity index (χ3n) is 3.29. The molecule has 0 unspecified atom stereocenters. The van der Waals surface area contributed by atoms with Crippen molar-refractivity contribution in [3.8, 4) is 11.4 Å². The molecule has 6 heteroatoms. The maximum Gasteiger partial charge on any atom is 0.235 e. The first-order valence-corrected chi connectivity index (χ1v) is 7.63. The van der Waals surface area contributed by atoms with Crippen molar-refractivity contribution in [1.29, 1.82) is 0 Å². The van der Waals surface area contributed by atoms with Gasteiger partial charge < -0.3 is 9.47 Å². The second kappa shape index (κ2) is 6.30. The molecule has 0 spiro atoms. The molecule has 1 aromatic carbocycles. The molecule has 1 aromatic heterocycles. The van der Waals surface area contributed by atoms with Gasteiger partial charge in [-0.1, -0.05) is 36.0 Å². The lowest BCUT2D eigenvalue weighted by Crippen LogP contribution is -2.29. The van der Waals surface area contributed by atoms with Crippen LogP contribution < -0.4 is 0 Å². The number of hydrogen-bond donors (Lipinski definition) is 0. The lowest BCUT2D eigenvalue weighted by atomic mass is 10.1. The van der Waals surface area contributed by atoms with E-state index in [0.29, 0.717) is 0 Å². The van der Waals surface area contributed by atoms with Gasteiger partial charge in [0.05, 0.1) is 5.25 Å². The quantitative estimate of drug-likeness (QED) is 0.814. The molecule has 2 rings (SSSR count). The summed E-state index contributed by atoms with van der Waals surface area (Å²) in [5.74, 6) is 0.889. The second-order valence-corrected chi connectivity index (χ2v) is 6.48. The molecule has 0 aliphatic rings. The zero-order valence-corrected chi connectivity index (χ0v) is 13.8. The highest BCUT2D eigenvalue weighted by atomic mass is 32.2. The molecule has 1 atom stereocenters. The molecule has 5 nitrogen and oxygen atoms in total. The van der Waals surface area contributed by atoms with E-state index in [0.717, 1.165) is 22.1 Å². The molecule has 0 N–H and O–H groups in total. The standard InChI is InChI=1S/C15H20N4OS/c1-10-8-6-7-9-12(10)13-16-17-15(19(13)5)21-11(2)14(20)18(3)4/h6-9,11H,1-5H3/t11-/m1/s1. The largest absolute Gasteiger partial charge is 0.348 e. The van der Waals surface area contributed by atoms with Crippen molar-refractivity contribution >= 4 is 17.7 Å². The number of benzene rings is 1. The first-order chi connectivity index (χ1) is 9.91. The highest BCUT2D eigenvalue weighted by molar-refractivity contribution is 8.00. The van der Waals surface area contributed by atoms with Crippen molar-refractivity contribution in [2.24, 2.45) is 7.05 Å². The number of aryl methyl sites for hydroxylation is 1. The molecule has 0 saturated carbocycles. The normalized spacial score (nSPS) is 12.2. The topological polar surface area (TPSA) is 51.0 Å². The fraction of sp³-hybridized carbons (Fsp3) is 0.400. The Morgan fingerprint density at radius 2 is 1.95 bits per heavy atom. The molecule has 21 heavy (non-hydrogen) atoms. The molecule has 1 amide bonds. The van der Waals surface area contributed by atoms with Crippen LogP contribution in [0.3, 0.4) is 0 Å². The number of thioether (sulfide) groups is 1. The lowest BCUT2D eigenvalue weighted by molar-refractivity contribution is -0.127. The van der Waals surface area contributed by atoms with Gasteiger partial charge in [0, 0.05) is 26.7 Å². The van der Waals surface area contributed by atoms with E-state index in [9.17, 15) is 4.79 Å². The lowest BCUT2D eigenvalue weighted by Gasteiger charge is -2.15. The van der Waals surface area contributed by atoms with Crippen molar-refractivity contribution in [2.45, 2.75) is 24.3 Å². The summed E-state index contributed by atoms with van der Waals surface area (Å²) in [6.07, 6.45) is 0. The molecule has 0 radical (unpaired) electrons. The minimum Gasteiger partial charge on any atom is -0.348 e. The number of amides is 1. The fourth-order valence-electron chi connectivity index (χ4n) is 2.05. The molecular formula is C15H20N4OS. The van der Waals surface area contributed by atoms with Gasteiger partial charge in [-0.05, 0) is 19.4 Å². The van der Waals surface area contributed by atoms with Crippen LogP contribution in [0.5, 0.6) is 0 Å². The van der Waals surface area contributed by atoms with Gasteiger partial charge >= 0.3 is 0 Å². The zero-order valence-electron chi connectivity index (χ0n) is 13.0. The van der Waals surface area contributed by atoms with Gasteiger partial charge in [0.1, 0.15) is 0 Å². The van der Waals surface area contributed by atoms with E-state index >= 15 is 0 Å². The Labute approximate surface area is 129 Å². The SMILES string of the molecule is Cc1ccccc1-c1nnc(S[C@H](C)C(=O)N(C)C)n1C. The summed E-state index contributed by atoms with van der Waals surface area (Å²) >= 11 is 1.43. The molecule has 2 aromatic rings. The number of carbonyl (C=O) groups is 1. The Hall–Kier alpha value is -1.82. The summed E-state index contributed by atoms with van der Waals surface area (Å²) in [5, 5.41) is 9.05. The van der Waals surface area contributed by atoms with E-state index in [2.05, 4.69) is 23.2 Å². The Balaban J connectivity index is 2.26. The van der Waals surface area contributed by atoms with Crippen LogP contribution in [0.1, 0.15) is 12.5 Å². The third kappa shape index (κ3) is 3.26. The summed E-state index contributed by atoms with van der Waals surface area (Å²) in [6.45, 7) is 3.93. The Morgan fingerprint density at radius 1 is 1.29 bits per heavy atom. The van der Waals surface area contributed by atoms with Crippen LogP contribution in [-0.2, 0) is 11.8 Å². The van der Waals surface area contributed by atoms with Gasteiger partial charge in [-0.3, -0.25) is 4.79 Å². The average molecular weight is 304 g/mol. The van der Waals surface area contributed by atoms with Crippen molar-refractivity contribution in [2.75, 3.05) is 14.1 Å². The van der Waals surface area contributed by atoms with Crippen LogP contribution in [0.25, 0.3) is 11.4 Å². The van der Waals surface area contributed by atoms with E-state index in [1.54, 1.807) is 19.0 Å². The van der Waals surface area contributed by atoms with Crippen LogP contribution in [0.2, 0.25) is 0 Å². The fourth-order valence-corrected chi connectivity index (χ4v) is 3.01. The van der Waals surface area contributed by atoms with Crippen molar-refractivity contribution in [3.63, 3.8) is 0 Å². The summed E-state index contributed by atoms with van der Waals surface area (Å²) in [4.78, 5) is 13.5. The van der Waals surface area contributed by atoms with Crippen molar-refractivity contribution in [3.05, 3.63) is 29.8 Å². The monoisotopic (exact) mass is 304 g/mol. The summed E-state index contributed by atoms with van der Waals surface area (Å²) < 4.78 is 1.94. The molecule has 112 valence electrons. The maximum atomic E-state index is 11.9. The minimum atomic E-state index is -0.187. The predicted molar refractivity (Wildman–Crippen MR) is 85.2 cm³/mol. The van der Waals surface area contributed by atoms with Crippen LogP contribution in [0.15, 0.2) is 29.4 Å². The zero-order chi connectivity index (χ0) is 15.6. The average Bonchev–Trinajstić information content (AvgIpc) is 2.80. The highest BCUT2D eigenvalue weighted by Gasteiger charge is 2.20. The molecule has 0 saturated heterocycles. The maximum absolute atomic E-state index is 11.9. The first-order valence-electron chi connectivity index (χ1n) is 6.75. The Morgan fingerprint density at radius 3 is 2.57 bits per heavy atom. The van der Waals surface area contributed by atoms with Crippen LogP contribution in [0, 0.1) is 6.92 Å². The first kappa shape index (κ1) is 15.6. The minimum absolute atomic E-state index is 0.0699. The highest BCUT2D eigenvalue weighted by Crippen LogP contribution is 2.27. The summed E-state index contributed by atoms with van der Waals surface area (Å²) in [6, 6.07) is 8.07. The molecule has 0 aliphatic carbocycles.